The molecule has 11 heavy (non-hydrogen) atoms. The maximum atomic E-state index is 11.0. The maximum Gasteiger partial charge on any atom is 0.203 e. The minimum Gasteiger partial charge on any atom is -0.404 e. The number of nitrogens with two attached hydrogens (primary N) is 1. The Labute approximate surface area is 72.4 Å². The van der Waals surface area contributed by atoms with Crippen LogP contribution >= 0.6 is 15.9 Å². The summed E-state index contributed by atoms with van der Waals surface area (Å²) in [5.41, 5.74) is 5.57. The second kappa shape index (κ2) is 3.39. The van der Waals surface area contributed by atoms with Gasteiger partial charge in [0.25, 0.3) is 0 Å². The highest BCUT2D eigenvalue weighted by Gasteiger charge is 2.02. The lowest BCUT2D eigenvalue weighted by Crippen LogP contribution is -1.95. The van der Waals surface area contributed by atoms with Crippen LogP contribution in [0.5, 0.6) is 0 Å². The summed E-state index contributed by atoms with van der Waals surface area (Å²) in [5, 5.41) is 0. The Morgan fingerprint density at radius 2 is 2.45 bits per heavy atom. The molecule has 4 heteroatoms. The third kappa shape index (κ3) is 1.94. The van der Waals surface area contributed by atoms with Crippen molar-refractivity contribution in [1.29, 1.82) is 0 Å². The van der Waals surface area contributed by atoms with E-state index in [4.69, 9.17) is 5.73 Å². The van der Waals surface area contributed by atoms with Gasteiger partial charge in [0, 0.05) is 16.7 Å². The SMILES string of the molecule is N/C=C\C(=O)c1cc(Br)c[nH]1. The monoisotopic (exact) mass is 214 g/mol. The predicted octanol–water partition coefficient (Wildman–Crippen LogP) is 1.43. The van der Waals surface area contributed by atoms with E-state index in [2.05, 4.69) is 20.9 Å². The van der Waals surface area contributed by atoms with Gasteiger partial charge in [-0.1, -0.05) is 0 Å². The van der Waals surface area contributed by atoms with Gasteiger partial charge < -0.3 is 10.7 Å². The highest BCUT2D eigenvalue weighted by atomic mass is 79.9. The third-order valence-corrected chi connectivity index (χ3v) is 1.62. The predicted molar refractivity (Wildman–Crippen MR) is 46.2 cm³/mol. The van der Waals surface area contributed by atoms with E-state index in [1.165, 1.54) is 12.3 Å². The molecule has 0 radical (unpaired) electrons. The van der Waals surface area contributed by atoms with Gasteiger partial charge in [-0.25, -0.2) is 0 Å². The highest BCUT2D eigenvalue weighted by Crippen LogP contribution is 2.10. The number of hydrogen-bond acceptors (Lipinski definition) is 2. The summed E-state index contributed by atoms with van der Waals surface area (Å²) < 4.78 is 0.853. The van der Waals surface area contributed by atoms with Crippen molar-refractivity contribution in [1.82, 2.24) is 4.98 Å². The van der Waals surface area contributed by atoms with Crippen LogP contribution in [0.1, 0.15) is 10.5 Å². The summed E-state index contributed by atoms with van der Waals surface area (Å²) in [7, 11) is 0. The van der Waals surface area contributed by atoms with Crippen molar-refractivity contribution in [3.05, 3.63) is 34.7 Å². The lowest BCUT2D eigenvalue weighted by atomic mass is 10.3. The number of carbonyl (C=O) groups excluding carboxylic acids is 1. The highest BCUT2D eigenvalue weighted by molar-refractivity contribution is 9.10. The first kappa shape index (κ1) is 8.07. The van der Waals surface area contributed by atoms with Crippen LogP contribution in [0.2, 0.25) is 0 Å². The molecule has 0 saturated carbocycles. The van der Waals surface area contributed by atoms with Crippen molar-refractivity contribution in [3.63, 3.8) is 0 Å². The lowest BCUT2D eigenvalue weighted by Gasteiger charge is -1.85. The molecular weight excluding hydrogens is 208 g/mol. The van der Waals surface area contributed by atoms with Crippen molar-refractivity contribution in [2.45, 2.75) is 0 Å². The molecule has 0 amide bonds. The van der Waals surface area contributed by atoms with Crippen molar-refractivity contribution >= 4 is 21.7 Å². The fourth-order valence-electron chi connectivity index (χ4n) is 0.687. The Morgan fingerprint density at radius 3 is 2.91 bits per heavy atom. The van der Waals surface area contributed by atoms with Gasteiger partial charge in [0.05, 0.1) is 5.69 Å². The van der Waals surface area contributed by atoms with E-state index in [9.17, 15) is 4.79 Å². The zero-order valence-corrected chi connectivity index (χ0v) is 7.26. The van der Waals surface area contributed by atoms with Crippen molar-refractivity contribution in [2.75, 3.05) is 0 Å². The first-order valence-electron chi connectivity index (χ1n) is 3.00. The van der Waals surface area contributed by atoms with Crippen LogP contribution in [0.4, 0.5) is 0 Å². The van der Waals surface area contributed by atoms with Crippen molar-refractivity contribution in [2.24, 2.45) is 5.73 Å². The van der Waals surface area contributed by atoms with Crippen LogP contribution in [0.15, 0.2) is 29.0 Å². The Hall–Kier alpha value is -1.03. The van der Waals surface area contributed by atoms with E-state index >= 15 is 0 Å². The number of halogens is 1. The van der Waals surface area contributed by atoms with Crippen molar-refractivity contribution < 1.29 is 4.79 Å². The van der Waals surface area contributed by atoms with Crippen molar-refractivity contribution in [3.8, 4) is 0 Å². The number of H-pyrrole nitrogens is 1. The van der Waals surface area contributed by atoms with Crippen LogP contribution in [-0.4, -0.2) is 10.8 Å². The topological polar surface area (TPSA) is 58.9 Å². The molecule has 3 N–H and O–H groups in total. The van der Waals surface area contributed by atoms with Crippen LogP contribution in [0, 0.1) is 0 Å². The second-order valence-electron chi connectivity index (χ2n) is 1.95. The molecule has 0 unspecified atom stereocenters. The number of ketones is 1. The minimum atomic E-state index is -0.127. The summed E-state index contributed by atoms with van der Waals surface area (Å²) >= 11 is 3.21. The molecule has 3 nitrogen and oxygen atoms in total. The number of hydrogen-bond donors (Lipinski definition) is 2. The summed E-state index contributed by atoms with van der Waals surface area (Å²) in [6.07, 6.45) is 4.22. The maximum absolute atomic E-state index is 11.0. The molecule has 1 aromatic heterocycles. The van der Waals surface area contributed by atoms with E-state index in [0.29, 0.717) is 5.69 Å². The van der Waals surface area contributed by atoms with Crippen LogP contribution < -0.4 is 5.73 Å². The second-order valence-corrected chi connectivity index (χ2v) is 2.87. The smallest absolute Gasteiger partial charge is 0.203 e. The van der Waals surface area contributed by atoms with Crippen LogP contribution in [0.25, 0.3) is 0 Å². The summed E-state index contributed by atoms with van der Waals surface area (Å²) in [5.74, 6) is -0.127. The van der Waals surface area contributed by atoms with Crippen LogP contribution in [-0.2, 0) is 0 Å². The number of allylic oxidation sites excluding steroid dienone is 1. The molecule has 0 aliphatic heterocycles. The Kier molecular flexibility index (Phi) is 2.48. The normalized spacial score (nSPS) is 10.6. The molecule has 0 spiro atoms. The van der Waals surface area contributed by atoms with E-state index in [1.54, 1.807) is 12.3 Å². The fraction of sp³-hybridized carbons (Fsp3) is 0. The first-order valence-corrected chi connectivity index (χ1v) is 3.80. The van der Waals surface area contributed by atoms with Gasteiger partial charge in [0.2, 0.25) is 5.78 Å². The molecule has 1 rings (SSSR count). The molecule has 58 valence electrons. The molecule has 0 fully saturated rings. The van der Waals surface area contributed by atoms with Crippen LogP contribution in [0.3, 0.4) is 0 Å². The average Bonchev–Trinajstić information content (AvgIpc) is 2.36. The molecule has 0 aliphatic carbocycles. The van der Waals surface area contributed by atoms with Gasteiger partial charge in [-0.15, -0.1) is 0 Å². The number of rotatable bonds is 2. The molecular formula is C7H7BrN2O. The Balaban J connectivity index is 2.85. The minimum absolute atomic E-state index is 0.127. The quantitative estimate of drug-likeness (QED) is 0.579. The molecule has 1 aromatic rings. The van der Waals surface area contributed by atoms with Gasteiger partial charge in [-0.05, 0) is 28.2 Å². The Morgan fingerprint density at radius 1 is 1.73 bits per heavy atom. The number of nitrogens with one attached hydrogen (secondary N) is 1. The summed E-state index contributed by atoms with van der Waals surface area (Å²) in [4.78, 5) is 13.8. The number of aromatic amines is 1. The molecule has 0 aromatic carbocycles. The van der Waals surface area contributed by atoms with Gasteiger partial charge >= 0.3 is 0 Å². The van der Waals surface area contributed by atoms with Gasteiger partial charge in [0.1, 0.15) is 0 Å². The zero-order valence-electron chi connectivity index (χ0n) is 5.67. The van der Waals surface area contributed by atoms with E-state index < -0.39 is 0 Å². The van der Waals surface area contributed by atoms with Gasteiger partial charge in [-0.2, -0.15) is 0 Å². The van der Waals surface area contributed by atoms with E-state index in [1.807, 2.05) is 0 Å². The van der Waals surface area contributed by atoms with Gasteiger partial charge in [0.15, 0.2) is 0 Å². The molecule has 0 atom stereocenters. The molecule has 1 heterocycles. The standard InChI is InChI=1S/C7H7BrN2O/c8-5-3-6(10-4-5)7(11)1-2-9/h1-4,10H,9H2/b2-1-. The third-order valence-electron chi connectivity index (χ3n) is 1.16. The van der Waals surface area contributed by atoms with Gasteiger partial charge in [-0.3, -0.25) is 4.79 Å². The fourth-order valence-corrected chi connectivity index (χ4v) is 1.03. The molecule has 0 bridgehead atoms. The Bertz CT molecular complexity index is 290. The number of aromatic nitrogens is 1. The average molecular weight is 215 g/mol. The van der Waals surface area contributed by atoms with E-state index in [-0.39, 0.29) is 5.78 Å². The first-order chi connectivity index (χ1) is 5.24. The molecule has 0 aliphatic rings. The summed E-state index contributed by atoms with van der Waals surface area (Å²) in [6, 6.07) is 1.70. The summed E-state index contributed by atoms with van der Waals surface area (Å²) in [6.45, 7) is 0. The van der Waals surface area contributed by atoms with E-state index in [0.717, 1.165) is 4.47 Å². The lowest BCUT2D eigenvalue weighted by molar-refractivity contribution is 0.104. The molecule has 0 saturated heterocycles. The number of carbonyl (C=O) groups is 1. The zero-order chi connectivity index (χ0) is 8.27. The largest absolute Gasteiger partial charge is 0.404 e.